The van der Waals surface area contributed by atoms with Crippen molar-refractivity contribution in [2.75, 3.05) is 26.3 Å². The summed E-state index contributed by atoms with van der Waals surface area (Å²) in [6, 6.07) is 2.38. The number of ether oxygens (including phenoxy) is 2. The fraction of sp³-hybridized carbons (Fsp3) is 0.591. The predicted molar refractivity (Wildman–Crippen MR) is 130 cm³/mol. The van der Waals surface area contributed by atoms with E-state index >= 15 is 0 Å². The predicted octanol–water partition coefficient (Wildman–Crippen LogP) is 2.25. The second-order valence-electron chi connectivity index (χ2n) is 7.68. The molecular formula is C22H34Cl2N4O6. The van der Waals surface area contributed by atoms with Gasteiger partial charge in [-0.25, -0.2) is 4.79 Å². The largest absolute Gasteiger partial charge is 0.465 e. The van der Waals surface area contributed by atoms with Gasteiger partial charge < -0.3 is 35.8 Å². The minimum Gasteiger partial charge on any atom is -0.465 e. The van der Waals surface area contributed by atoms with Gasteiger partial charge in [0.05, 0.1) is 16.6 Å². The Morgan fingerprint density at radius 2 is 1.68 bits per heavy atom. The first-order valence-electron chi connectivity index (χ1n) is 11.0. The van der Waals surface area contributed by atoms with E-state index in [1.165, 1.54) is 0 Å². The molecule has 192 valence electrons. The highest BCUT2D eigenvalue weighted by Crippen LogP contribution is 2.23. The highest BCUT2D eigenvalue weighted by molar-refractivity contribution is 6.42. The molecule has 0 aromatic heterocycles. The van der Waals surface area contributed by atoms with Crippen molar-refractivity contribution in [2.24, 2.45) is 5.73 Å². The van der Waals surface area contributed by atoms with Crippen LogP contribution in [0.3, 0.4) is 0 Å². The standard InChI is InChI=1S/C22H34Cl2N4O6/c1-5-33-19(34-6-2)12-28(13(3)4)21(30)17(10-14-7-8-15(23)16(24)9-14)26-20(29)18(11-25)27-22(31)32/h7-9,13,17-19,27H,5-6,10-12,25H2,1-4H3,(H,26,29)(H,31,32). The lowest BCUT2D eigenvalue weighted by atomic mass is 10.0. The summed E-state index contributed by atoms with van der Waals surface area (Å²) in [7, 11) is 0. The van der Waals surface area contributed by atoms with Gasteiger partial charge in [-0.3, -0.25) is 9.59 Å². The van der Waals surface area contributed by atoms with E-state index in [4.69, 9.17) is 43.5 Å². The highest BCUT2D eigenvalue weighted by atomic mass is 35.5. The zero-order valence-electron chi connectivity index (χ0n) is 19.8. The molecule has 0 radical (unpaired) electrons. The number of rotatable bonds is 14. The van der Waals surface area contributed by atoms with Gasteiger partial charge in [-0.05, 0) is 45.4 Å². The molecule has 0 spiro atoms. The number of nitrogens with one attached hydrogen (secondary N) is 2. The van der Waals surface area contributed by atoms with Crippen LogP contribution in [0.25, 0.3) is 0 Å². The van der Waals surface area contributed by atoms with Crippen molar-refractivity contribution in [1.29, 1.82) is 0 Å². The zero-order chi connectivity index (χ0) is 25.8. The molecule has 1 rings (SSSR count). The van der Waals surface area contributed by atoms with E-state index in [-0.39, 0.29) is 25.6 Å². The number of carbonyl (C=O) groups is 3. The topological polar surface area (TPSA) is 143 Å². The van der Waals surface area contributed by atoms with Gasteiger partial charge in [-0.15, -0.1) is 0 Å². The molecule has 1 aromatic carbocycles. The molecule has 5 N–H and O–H groups in total. The van der Waals surface area contributed by atoms with Crippen LogP contribution in [0.1, 0.15) is 33.3 Å². The molecule has 0 fully saturated rings. The number of nitrogens with two attached hydrogens (primary N) is 1. The average Bonchev–Trinajstić information content (AvgIpc) is 2.77. The van der Waals surface area contributed by atoms with Gasteiger partial charge in [0.1, 0.15) is 12.1 Å². The minimum atomic E-state index is -1.40. The first-order chi connectivity index (χ1) is 16.0. The van der Waals surface area contributed by atoms with E-state index in [1.54, 1.807) is 23.1 Å². The minimum absolute atomic E-state index is 0.0863. The Hall–Kier alpha value is -2.11. The summed E-state index contributed by atoms with van der Waals surface area (Å²) in [5, 5.41) is 14.3. The van der Waals surface area contributed by atoms with Crippen LogP contribution in [-0.2, 0) is 25.5 Å². The van der Waals surface area contributed by atoms with Crippen molar-refractivity contribution >= 4 is 41.1 Å². The number of hydrogen-bond donors (Lipinski definition) is 4. The smallest absolute Gasteiger partial charge is 0.405 e. The van der Waals surface area contributed by atoms with Crippen molar-refractivity contribution in [3.05, 3.63) is 33.8 Å². The van der Waals surface area contributed by atoms with Crippen molar-refractivity contribution in [2.45, 2.75) is 58.5 Å². The summed E-state index contributed by atoms with van der Waals surface area (Å²) in [5.41, 5.74) is 6.21. The van der Waals surface area contributed by atoms with Gasteiger partial charge in [-0.1, -0.05) is 29.3 Å². The third kappa shape index (κ3) is 9.63. The third-order valence-corrected chi connectivity index (χ3v) is 5.58. The third-order valence-electron chi connectivity index (χ3n) is 4.85. The number of benzene rings is 1. The molecule has 0 aliphatic rings. The molecule has 0 saturated carbocycles. The average molecular weight is 521 g/mol. The van der Waals surface area contributed by atoms with Gasteiger partial charge in [0.15, 0.2) is 6.29 Å². The van der Waals surface area contributed by atoms with E-state index in [0.717, 1.165) is 0 Å². The fourth-order valence-corrected chi connectivity index (χ4v) is 3.52. The molecule has 0 saturated heterocycles. The van der Waals surface area contributed by atoms with E-state index < -0.39 is 36.3 Å². The number of carbonyl (C=O) groups excluding carboxylic acids is 2. The quantitative estimate of drug-likeness (QED) is 0.275. The lowest BCUT2D eigenvalue weighted by molar-refractivity contribution is -0.163. The Morgan fingerprint density at radius 1 is 1.06 bits per heavy atom. The Kier molecular flexibility index (Phi) is 13.2. The van der Waals surface area contributed by atoms with E-state index in [2.05, 4.69) is 5.32 Å². The summed E-state index contributed by atoms with van der Waals surface area (Å²) >= 11 is 12.1. The maximum Gasteiger partial charge on any atom is 0.405 e. The van der Waals surface area contributed by atoms with Crippen molar-refractivity contribution < 1.29 is 29.0 Å². The molecule has 12 heteroatoms. The zero-order valence-corrected chi connectivity index (χ0v) is 21.4. The van der Waals surface area contributed by atoms with Crippen LogP contribution in [0, 0.1) is 0 Å². The Balaban J connectivity index is 3.25. The molecule has 0 heterocycles. The van der Waals surface area contributed by atoms with Crippen LogP contribution < -0.4 is 16.4 Å². The molecule has 34 heavy (non-hydrogen) atoms. The highest BCUT2D eigenvalue weighted by Gasteiger charge is 2.32. The molecule has 0 aliphatic carbocycles. The summed E-state index contributed by atoms with van der Waals surface area (Å²) < 4.78 is 11.2. The summed E-state index contributed by atoms with van der Waals surface area (Å²) in [6.07, 6.45) is -1.96. The van der Waals surface area contributed by atoms with E-state index in [1.807, 2.05) is 33.0 Å². The molecular weight excluding hydrogens is 487 g/mol. The fourth-order valence-electron chi connectivity index (χ4n) is 3.20. The second-order valence-corrected chi connectivity index (χ2v) is 8.49. The van der Waals surface area contributed by atoms with Crippen LogP contribution in [0.4, 0.5) is 4.79 Å². The van der Waals surface area contributed by atoms with Crippen LogP contribution in [0.15, 0.2) is 18.2 Å². The first-order valence-corrected chi connectivity index (χ1v) is 11.8. The maximum atomic E-state index is 13.6. The number of carboxylic acid groups (broad SMARTS) is 1. The van der Waals surface area contributed by atoms with Gasteiger partial charge >= 0.3 is 6.09 Å². The van der Waals surface area contributed by atoms with Crippen molar-refractivity contribution in [1.82, 2.24) is 15.5 Å². The van der Waals surface area contributed by atoms with Crippen LogP contribution in [-0.4, -0.2) is 78.6 Å². The molecule has 1 aromatic rings. The summed E-state index contributed by atoms with van der Waals surface area (Å²) in [5.74, 6) is -1.12. The van der Waals surface area contributed by atoms with Crippen LogP contribution in [0.5, 0.6) is 0 Å². The Morgan fingerprint density at radius 3 is 2.15 bits per heavy atom. The number of nitrogens with zero attached hydrogens (tertiary/aromatic N) is 1. The Labute approximate surface area is 210 Å². The Bertz CT molecular complexity index is 821. The van der Waals surface area contributed by atoms with Crippen molar-refractivity contribution in [3.63, 3.8) is 0 Å². The van der Waals surface area contributed by atoms with E-state index in [0.29, 0.717) is 28.8 Å². The number of hydrogen-bond acceptors (Lipinski definition) is 6. The second kappa shape index (κ2) is 15.0. The molecule has 2 unspecified atom stereocenters. The monoisotopic (exact) mass is 520 g/mol. The molecule has 0 bridgehead atoms. The van der Waals surface area contributed by atoms with Gasteiger partial charge in [0, 0.05) is 32.2 Å². The van der Waals surface area contributed by atoms with Crippen molar-refractivity contribution in [3.8, 4) is 0 Å². The van der Waals surface area contributed by atoms with Gasteiger partial charge in [0.25, 0.3) is 0 Å². The molecule has 0 aliphatic heterocycles. The number of amides is 3. The van der Waals surface area contributed by atoms with Crippen LogP contribution >= 0.6 is 23.2 Å². The first kappa shape index (κ1) is 29.9. The maximum absolute atomic E-state index is 13.6. The molecule has 10 nitrogen and oxygen atoms in total. The number of halogens is 2. The molecule has 2 atom stereocenters. The summed E-state index contributed by atoms with van der Waals surface area (Å²) in [6.45, 7) is 7.96. The SMILES string of the molecule is CCOC(CN(C(=O)C(Cc1ccc(Cl)c(Cl)c1)NC(=O)C(CN)NC(=O)O)C(C)C)OCC. The molecule has 3 amide bonds. The lowest BCUT2D eigenvalue weighted by Gasteiger charge is -2.34. The van der Waals surface area contributed by atoms with Gasteiger partial charge in [0.2, 0.25) is 11.8 Å². The summed E-state index contributed by atoms with van der Waals surface area (Å²) in [4.78, 5) is 39.0. The van der Waals surface area contributed by atoms with E-state index in [9.17, 15) is 14.4 Å². The normalized spacial score (nSPS) is 13.0. The lowest BCUT2D eigenvalue weighted by Crippen LogP contribution is -2.58. The van der Waals surface area contributed by atoms with Crippen LogP contribution in [0.2, 0.25) is 10.0 Å². The van der Waals surface area contributed by atoms with Gasteiger partial charge in [-0.2, -0.15) is 0 Å².